The van der Waals surface area contributed by atoms with Gasteiger partial charge < -0.3 is 20.3 Å². The summed E-state index contributed by atoms with van der Waals surface area (Å²) < 4.78 is 5.48. The average molecular weight is 931 g/mol. The normalized spacial score (nSPS) is 12.7. The zero-order valence-electron chi connectivity index (χ0n) is 44.4. The maximum absolute atomic E-state index is 12.5. The highest BCUT2D eigenvalue weighted by atomic mass is 16.5. The van der Waals surface area contributed by atoms with Crippen LogP contribution in [0.4, 0.5) is 0 Å². The van der Waals surface area contributed by atoms with Crippen molar-refractivity contribution in [2.24, 2.45) is 0 Å². The molecular formula is C60H115NO5. The highest BCUT2D eigenvalue weighted by Crippen LogP contribution is 2.17. The smallest absolute Gasteiger partial charge is 0.305 e. The predicted molar refractivity (Wildman–Crippen MR) is 287 cm³/mol. The van der Waals surface area contributed by atoms with E-state index in [9.17, 15) is 19.8 Å². The maximum Gasteiger partial charge on any atom is 0.305 e. The number of nitrogens with one attached hydrogen (secondary N) is 1. The molecule has 0 aliphatic carbocycles. The van der Waals surface area contributed by atoms with Gasteiger partial charge in [0.15, 0.2) is 0 Å². The zero-order chi connectivity index (χ0) is 47.9. The Morgan fingerprint density at radius 2 is 0.758 bits per heavy atom. The van der Waals surface area contributed by atoms with Crippen LogP contribution in [-0.2, 0) is 14.3 Å². The molecule has 0 aliphatic rings. The second kappa shape index (κ2) is 55.9. The summed E-state index contributed by atoms with van der Waals surface area (Å²) in [6.07, 6.45) is 67.3. The Bertz CT molecular complexity index is 1030. The van der Waals surface area contributed by atoms with Gasteiger partial charge >= 0.3 is 5.97 Å². The molecule has 3 N–H and O–H groups in total. The number of hydrogen-bond acceptors (Lipinski definition) is 5. The molecule has 0 saturated heterocycles. The summed E-state index contributed by atoms with van der Waals surface area (Å²) in [5.41, 5.74) is 0. The van der Waals surface area contributed by atoms with Crippen molar-refractivity contribution in [3.8, 4) is 0 Å². The minimum absolute atomic E-state index is 0.0121. The van der Waals surface area contributed by atoms with E-state index >= 15 is 0 Å². The van der Waals surface area contributed by atoms with Crippen LogP contribution in [0.15, 0.2) is 24.3 Å². The SMILES string of the molecule is CCCCCC/C=C\C/C=C\CCCCCCCCCC(=O)OCCCCCCCCCCCCCCCC(=O)NC(CO)C(O)CCCCCCCCCCCCCCCCCCCC. The molecule has 2 unspecified atom stereocenters. The largest absolute Gasteiger partial charge is 0.466 e. The summed E-state index contributed by atoms with van der Waals surface area (Å²) in [5, 5.41) is 23.3. The van der Waals surface area contributed by atoms with E-state index < -0.39 is 12.1 Å². The Hall–Kier alpha value is -1.66. The van der Waals surface area contributed by atoms with Crippen molar-refractivity contribution in [2.75, 3.05) is 13.2 Å². The summed E-state index contributed by atoms with van der Waals surface area (Å²) in [6.45, 7) is 4.92. The van der Waals surface area contributed by atoms with Crippen molar-refractivity contribution in [3.05, 3.63) is 24.3 Å². The van der Waals surface area contributed by atoms with Gasteiger partial charge in [0.05, 0.1) is 25.4 Å². The van der Waals surface area contributed by atoms with E-state index in [1.165, 1.54) is 231 Å². The van der Waals surface area contributed by atoms with Crippen LogP contribution in [0.2, 0.25) is 0 Å². The molecule has 2 atom stereocenters. The standard InChI is InChI=1S/C60H115NO5/c1-3-5-7-9-11-13-15-17-19-21-23-25-28-32-36-40-44-48-52-58(63)57(56-62)61-59(64)53-49-45-41-37-33-29-27-31-35-39-43-47-51-55-66-60(65)54-50-46-42-38-34-30-26-24-22-20-18-16-14-12-10-8-6-4-2/h14,16,20,22,57-58,62-63H,3-13,15,17-19,21,23-56H2,1-2H3,(H,61,64)/b16-14-,22-20-. The van der Waals surface area contributed by atoms with Gasteiger partial charge in [-0.15, -0.1) is 0 Å². The molecule has 0 rings (SSSR count). The van der Waals surface area contributed by atoms with Crippen LogP contribution >= 0.6 is 0 Å². The number of hydrogen-bond donors (Lipinski definition) is 3. The summed E-state index contributed by atoms with van der Waals surface area (Å²) >= 11 is 0. The van der Waals surface area contributed by atoms with E-state index in [2.05, 4.69) is 43.5 Å². The molecule has 0 spiro atoms. The van der Waals surface area contributed by atoms with E-state index in [0.717, 1.165) is 57.8 Å². The van der Waals surface area contributed by atoms with Crippen molar-refractivity contribution < 1.29 is 24.5 Å². The second-order valence-corrected chi connectivity index (χ2v) is 20.3. The molecule has 0 fully saturated rings. The quantitative estimate of drug-likeness (QED) is 0.0321. The third kappa shape index (κ3) is 51.7. The fraction of sp³-hybridized carbons (Fsp3) is 0.900. The molecule has 1 amide bonds. The summed E-state index contributed by atoms with van der Waals surface area (Å²) in [6, 6.07) is -0.552. The third-order valence-electron chi connectivity index (χ3n) is 13.8. The molecule has 0 radical (unpaired) electrons. The first-order chi connectivity index (χ1) is 32.5. The summed E-state index contributed by atoms with van der Waals surface area (Å²) in [4.78, 5) is 24.6. The number of esters is 1. The number of amides is 1. The molecule has 66 heavy (non-hydrogen) atoms. The monoisotopic (exact) mass is 930 g/mol. The minimum atomic E-state index is -0.674. The Kier molecular flexibility index (Phi) is 54.5. The molecule has 0 heterocycles. The number of ether oxygens (including phenoxy) is 1. The molecule has 0 bridgehead atoms. The maximum atomic E-state index is 12.5. The number of carbonyl (C=O) groups is 2. The number of carbonyl (C=O) groups excluding carboxylic acids is 2. The molecule has 0 saturated carbocycles. The Balaban J connectivity index is 3.44. The molecule has 0 aliphatic heterocycles. The van der Waals surface area contributed by atoms with Gasteiger partial charge in [0.2, 0.25) is 5.91 Å². The first kappa shape index (κ1) is 64.3. The van der Waals surface area contributed by atoms with Gasteiger partial charge in [-0.25, -0.2) is 0 Å². The van der Waals surface area contributed by atoms with Gasteiger partial charge in [0, 0.05) is 12.8 Å². The lowest BCUT2D eigenvalue weighted by atomic mass is 10.0. The van der Waals surface area contributed by atoms with Crippen LogP contribution in [0.1, 0.15) is 322 Å². The lowest BCUT2D eigenvalue weighted by Crippen LogP contribution is -2.45. The first-order valence-corrected chi connectivity index (χ1v) is 29.6. The average Bonchev–Trinajstić information content (AvgIpc) is 3.32. The molecular weight excluding hydrogens is 815 g/mol. The number of unbranched alkanes of at least 4 members (excludes halogenated alkanes) is 40. The topological polar surface area (TPSA) is 95.9 Å². The van der Waals surface area contributed by atoms with Crippen molar-refractivity contribution in [3.63, 3.8) is 0 Å². The highest BCUT2D eigenvalue weighted by molar-refractivity contribution is 5.76. The van der Waals surface area contributed by atoms with Crippen LogP contribution in [0, 0.1) is 0 Å². The van der Waals surface area contributed by atoms with E-state index in [4.69, 9.17) is 4.74 Å². The van der Waals surface area contributed by atoms with Crippen molar-refractivity contribution in [2.45, 2.75) is 334 Å². The van der Waals surface area contributed by atoms with E-state index in [0.29, 0.717) is 25.9 Å². The Morgan fingerprint density at radius 1 is 0.424 bits per heavy atom. The molecule has 6 nitrogen and oxygen atoms in total. The minimum Gasteiger partial charge on any atom is -0.466 e. The van der Waals surface area contributed by atoms with Crippen molar-refractivity contribution >= 4 is 11.9 Å². The van der Waals surface area contributed by atoms with Crippen LogP contribution < -0.4 is 5.32 Å². The fourth-order valence-corrected chi connectivity index (χ4v) is 9.20. The van der Waals surface area contributed by atoms with Gasteiger partial charge in [-0.3, -0.25) is 9.59 Å². The molecule has 0 aromatic carbocycles. The number of allylic oxidation sites excluding steroid dienone is 4. The van der Waals surface area contributed by atoms with Crippen molar-refractivity contribution in [1.29, 1.82) is 0 Å². The lowest BCUT2D eigenvalue weighted by Gasteiger charge is -2.22. The Morgan fingerprint density at radius 3 is 1.17 bits per heavy atom. The number of rotatable bonds is 55. The molecule has 390 valence electrons. The van der Waals surface area contributed by atoms with Gasteiger partial charge in [0.25, 0.3) is 0 Å². The van der Waals surface area contributed by atoms with Gasteiger partial charge in [0.1, 0.15) is 0 Å². The lowest BCUT2D eigenvalue weighted by molar-refractivity contribution is -0.143. The third-order valence-corrected chi connectivity index (χ3v) is 13.8. The van der Waals surface area contributed by atoms with E-state index in [-0.39, 0.29) is 18.5 Å². The van der Waals surface area contributed by atoms with Gasteiger partial charge in [-0.05, 0) is 57.8 Å². The van der Waals surface area contributed by atoms with Crippen LogP contribution in [-0.4, -0.2) is 47.4 Å². The van der Waals surface area contributed by atoms with Crippen molar-refractivity contribution in [1.82, 2.24) is 5.32 Å². The second-order valence-electron chi connectivity index (χ2n) is 20.3. The first-order valence-electron chi connectivity index (χ1n) is 29.6. The van der Waals surface area contributed by atoms with Gasteiger partial charge in [-0.2, -0.15) is 0 Å². The summed E-state index contributed by atoms with van der Waals surface area (Å²) in [5.74, 6) is -0.0579. The fourth-order valence-electron chi connectivity index (χ4n) is 9.20. The van der Waals surface area contributed by atoms with E-state index in [1.807, 2.05) is 0 Å². The Labute approximate surface area is 411 Å². The number of aliphatic hydroxyl groups excluding tert-OH is 2. The summed E-state index contributed by atoms with van der Waals surface area (Å²) in [7, 11) is 0. The number of aliphatic hydroxyl groups is 2. The van der Waals surface area contributed by atoms with E-state index in [1.54, 1.807) is 0 Å². The molecule has 6 heteroatoms. The molecule has 0 aromatic rings. The van der Waals surface area contributed by atoms with Crippen LogP contribution in [0.25, 0.3) is 0 Å². The highest BCUT2D eigenvalue weighted by Gasteiger charge is 2.20. The van der Waals surface area contributed by atoms with Crippen LogP contribution in [0.5, 0.6) is 0 Å². The molecule has 0 aromatic heterocycles. The zero-order valence-corrected chi connectivity index (χ0v) is 44.4. The van der Waals surface area contributed by atoms with Crippen LogP contribution in [0.3, 0.4) is 0 Å². The van der Waals surface area contributed by atoms with Gasteiger partial charge in [-0.1, -0.05) is 276 Å². The predicted octanol–water partition coefficient (Wildman–Crippen LogP) is 18.2.